The summed E-state index contributed by atoms with van der Waals surface area (Å²) in [5.74, 6) is -0.902. The van der Waals surface area contributed by atoms with Crippen molar-refractivity contribution >= 4 is 19.8 Å². The van der Waals surface area contributed by atoms with Crippen molar-refractivity contribution in [2.45, 2.75) is 276 Å². The molecule has 0 bridgehead atoms. The number of hydrogen-bond donors (Lipinski definition) is 3. The lowest BCUT2D eigenvalue weighted by atomic mass is 10.0. The van der Waals surface area contributed by atoms with Gasteiger partial charge in [0.25, 0.3) is 0 Å². The molecule has 0 saturated heterocycles. The molecule has 0 saturated carbocycles. The summed E-state index contributed by atoms with van der Waals surface area (Å²) in [5, 5.41) is 18.4. The first kappa shape index (κ1) is 59.0. The highest BCUT2D eigenvalue weighted by molar-refractivity contribution is 7.47. The summed E-state index contributed by atoms with van der Waals surface area (Å²) in [6.07, 6.45) is 45.0. The fourth-order valence-electron chi connectivity index (χ4n) is 7.59. The number of carbonyl (C=O) groups is 2. The van der Waals surface area contributed by atoms with Gasteiger partial charge in [0.05, 0.1) is 19.8 Å². The molecule has 0 fully saturated rings. The molecule has 0 aromatic carbocycles. The molecule has 0 rings (SSSR count). The van der Waals surface area contributed by atoms with E-state index in [2.05, 4.69) is 13.8 Å². The van der Waals surface area contributed by atoms with Crippen molar-refractivity contribution in [2.75, 3.05) is 26.4 Å². The van der Waals surface area contributed by atoms with Crippen molar-refractivity contribution < 1.29 is 47.8 Å². The van der Waals surface area contributed by atoms with E-state index in [1.807, 2.05) is 0 Å². The molecule has 0 aliphatic rings. The van der Waals surface area contributed by atoms with E-state index in [1.54, 1.807) is 0 Å². The first-order valence-corrected chi connectivity index (χ1v) is 27.0. The molecule has 3 atom stereocenters. The van der Waals surface area contributed by atoms with E-state index in [0.717, 1.165) is 32.1 Å². The van der Waals surface area contributed by atoms with Crippen LogP contribution in [0.15, 0.2) is 0 Å². The van der Waals surface area contributed by atoms with Crippen LogP contribution in [-0.2, 0) is 32.7 Å². The summed E-state index contributed by atoms with van der Waals surface area (Å²) < 4.78 is 32.9. The number of rotatable bonds is 49. The smallest absolute Gasteiger partial charge is 0.462 e. The molecular formula is C49H97O10P. The normalized spacial score (nSPS) is 13.6. The van der Waals surface area contributed by atoms with Gasteiger partial charge in [0.15, 0.2) is 6.10 Å². The molecule has 0 aliphatic heterocycles. The van der Waals surface area contributed by atoms with Gasteiger partial charge in [-0.25, -0.2) is 4.57 Å². The van der Waals surface area contributed by atoms with Crippen molar-refractivity contribution in [1.29, 1.82) is 0 Å². The van der Waals surface area contributed by atoms with Crippen LogP contribution in [0.2, 0.25) is 0 Å². The number of phosphoric acid groups is 1. The Balaban J connectivity index is 4.13. The molecule has 358 valence electrons. The molecule has 11 heteroatoms. The minimum absolute atomic E-state index is 0.193. The summed E-state index contributed by atoms with van der Waals surface area (Å²) in [6.45, 7) is 2.45. The van der Waals surface area contributed by atoms with Gasteiger partial charge in [-0.15, -0.1) is 0 Å². The third-order valence-electron chi connectivity index (χ3n) is 11.5. The zero-order valence-corrected chi connectivity index (χ0v) is 40.1. The minimum atomic E-state index is -4.61. The molecule has 10 nitrogen and oxygen atoms in total. The third kappa shape index (κ3) is 45.0. The van der Waals surface area contributed by atoms with E-state index in [4.69, 9.17) is 23.6 Å². The van der Waals surface area contributed by atoms with Crippen molar-refractivity contribution in [3.8, 4) is 0 Å². The molecule has 1 unspecified atom stereocenters. The van der Waals surface area contributed by atoms with Gasteiger partial charge < -0.3 is 24.6 Å². The van der Waals surface area contributed by atoms with Crippen LogP contribution < -0.4 is 0 Å². The number of phosphoric ester groups is 1. The Morgan fingerprint density at radius 3 is 1.03 bits per heavy atom. The molecular weight excluding hydrogens is 780 g/mol. The van der Waals surface area contributed by atoms with E-state index < -0.39 is 51.8 Å². The van der Waals surface area contributed by atoms with Gasteiger partial charge in [0.1, 0.15) is 12.7 Å². The first-order chi connectivity index (χ1) is 29.2. The van der Waals surface area contributed by atoms with Crippen LogP contribution >= 0.6 is 7.82 Å². The maximum absolute atomic E-state index is 12.7. The fourth-order valence-corrected chi connectivity index (χ4v) is 8.37. The lowest BCUT2D eigenvalue weighted by Gasteiger charge is -2.20. The maximum Gasteiger partial charge on any atom is 0.472 e. The number of esters is 2. The van der Waals surface area contributed by atoms with Crippen LogP contribution in [0.4, 0.5) is 0 Å². The second-order valence-electron chi connectivity index (χ2n) is 17.6. The Morgan fingerprint density at radius 1 is 0.433 bits per heavy atom. The van der Waals surface area contributed by atoms with E-state index in [0.29, 0.717) is 12.8 Å². The van der Waals surface area contributed by atoms with E-state index >= 15 is 0 Å². The third-order valence-corrected chi connectivity index (χ3v) is 12.5. The molecule has 0 amide bonds. The average Bonchev–Trinajstić information content (AvgIpc) is 3.24. The van der Waals surface area contributed by atoms with Gasteiger partial charge in [-0.05, 0) is 12.8 Å². The predicted octanol–water partition coefficient (Wildman–Crippen LogP) is 14.2. The van der Waals surface area contributed by atoms with Crippen LogP contribution in [-0.4, -0.2) is 65.7 Å². The number of unbranched alkanes of at least 4 members (excludes halogenated alkanes) is 35. The highest BCUT2D eigenvalue weighted by atomic mass is 31.2. The van der Waals surface area contributed by atoms with Crippen molar-refractivity contribution in [1.82, 2.24) is 0 Å². The topological polar surface area (TPSA) is 149 Å². The van der Waals surface area contributed by atoms with Crippen LogP contribution in [0, 0.1) is 0 Å². The second-order valence-corrected chi connectivity index (χ2v) is 19.0. The summed E-state index contributed by atoms with van der Waals surface area (Å²) in [6, 6.07) is 0. The Kier molecular flexibility index (Phi) is 45.2. The fraction of sp³-hybridized carbons (Fsp3) is 0.959. The number of ether oxygens (including phenoxy) is 2. The van der Waals surface area contributed by atoms with Gasteiger partial charge in [-0.2, -0.15) is 0 Å². The van der Waals surface area contributed by atoms with Crippen molar-refractivity contribution in [3.63, 3.8) is 0 Å². The largest absolute Gasteiger partial charge is 0.472 e. The van der Waals surface area contributed by atoms with Gasteiger partial charge >= 0.3 is 19.8 Å². The Labute approximate surface area is 369 Å². The Hall–Kier alpha value is -1.03. The summed E-state index contributed by atoms with van der Waals surface area (Å²) in [5.41, 5.74) is 0. The molecule has 3 N–H and O–H groups in total. The van der Waals surface area contributed by atoms with Gasteiger partial charge in [0, 0.05) is 12.8 Å². The maximum atomic E-state index is 12.7. The predicted molar refractivity (Wildman–Crippen MR) is 247 cm³/mol. The summed E-state index contributed by atoms with van der Waals surface area (Å²) in [4.78, 5) is 35.2. The van der Waals surface area contributed by atoms with Crippen LogP contribution in [0.3, 0.4) is 0 Å². The van der Waals surface area contributed by atoms with E-state index in [9.17, 15) is 24.2 Å². The number of aliphatic hydroxyl groups is 2. The zero-order valence-electron chi connectivity index (χ0n) is 39.2. The zero-order chi connectivity index (χ0) is 44.0. The monoisotopic (exact) mass is 877 g/mol. The lowest BCUT2D eigenvalue weighted by Crippen LogP contribution is -2.29. The van der Waals surface area contributed by atoms with Crippen LogP contribution in [0.25, 0.3) is 0 Å². The van der Waals surface area contributed by atoms with Crippen molar-refractivity contribution in [3.05, 3.63) is 0 Å². The quantitative estimate of drug-likeness (QED) is 0.0306. The molecule has 0 radical (unpaired) electrons. The van der Waals surface area contributed by atoms with Crippen LogP contribution in [0.5, 0.6) is 0 Å². The Bertz CT molecular complexity index is 966. The summed E-state index contributed by atoms with van der Waals surface area (Å²) >= 11 is 0. The van der Waals surface area contributed by atoms with Crippen LogP contribution in [0.1, 0.15) is 264 Å². The van der Waals surface area contributed by atoms with E-state index in [-0.39, 0.29) is 19.4 Å². The molecule has 0 heterocycles. The second kappa shape index (κ2) is 46.0. The van der Waals surface area contributed by atoms with Gasteiger partial charge in [0.2, 0.25) is 0 Å². The number of aliphatic hydroxyl groups excluding tert-OH is 2. The standard InChI is InChI=1S/C49H97O10P/c1-3-5-7-9-11-13-15-17-19-21-23-25-26-28-30-32-34-36-38-40-48(52)56-44-47(45-58-60(54,55)57-43-46(51)42-50)59-49(53)41-39-37-35-33-31-29-27-24-22-20-18-16-14-12-10-8-6-4-2/h46-47,50-51H,3-45H2,1-2H3,(H,54,55)/t46-,47+/m0/s1. The molecule has 0 aromatic rings. The van der Waals surface area contributed by atoms with E-state index in [1.165, 1.54) is 193 Å². The minimum Gasteiger partial charge on any atom is -0.462 e. The Morgan fingerprint density at radius 2 is 0.717 bits per heavy atom. The summed E-state index contributed by atoms with van der Waals surface area (Å²) in [7, 11) is -4.61. The number of carbonyl (C=O) groups excluding carboxylic acids is 2. The molecule has 60 heavy (non-hydrogen) atoms. The highest BCUT2D eigenvalue weighted by Crippen LogP contribution is 2.43. The molecule has 0 aliphatic carbocycles. The first-order valence-electron chi connectivity index (χ1n) is 25.5. The van der Waals surface area contributed by atoms with Gasteiger partial charge in [-0.3, -0.25) is 18.6 Å². The molecule has 0 spiro atoms. The lowest BCUT2D eigenvalue weighted by molar-refractivity contribution is -0.161. The average molecular weight is 877 g/mol. The number of hydrogen-bond acceptors (Lipinski definition) is 9. The highest BCUT2D eigenvalue weighted by Gasteiger charge is 2.27. The molecule has 0 aromatic heterocycles. The SMILES string of the molecule is CCCCCCCCCCCCCCCCCCCCCC(=O)OC[C@H](COP(=O)(O)OC[C@@H](O)CO)OC(=O)CCCCCCCCCCCCCCCCCCCC. The van der Waals surface area contributed by atoms with Crippen molar-refractivity contribution in [2.24, 2.45) is 0 Å². The van der Waals surface area contributed by atoms with Gasteiger partial charge in [-0.1, -0.05) is 239 Å².